The number of aliphatic hydroxyl groups excluding tert-OH is 2. The predicted molar refractivity (Wildman–Crippen MR) is 217 cm³/mol. The summed E-state index contributed by atoms with van der Waals surface area (Å²) in [7, 11) is 0. The van der Waals surface area contributed by atoms with Crippen LogP contribution in [0.25, 0.3) is 0 Å². The van der Waals surface area contributed by atoms with Gasteiger partial charge < -0.3 is 31.5 Å². The van der Waals surface area contributed by atoms with Crippen molar-refractivity contribution in [1.29, 1.82) is 0 Å². The number of hydrogen-bond acceptors (Lipinski definition) is 12. The number of ketones is 2. The maximum atomic E-state index is 11.5. The number of hydrogen-bond donors (Lipinski definition) is 6. The van der Waals surface area contributed by atoms with Crippen LogP contribution in [0.15, 0.2) is 94.7 Å². The van der Waals surface area contributed by atoms with E-state index in [1.54, 1.807) is 74.1 Å². The number of carbonyl (C=O) groups excluding carboxylic acids is 2. The van der Waals surface area contributed by atoms with Gasteiger partial charge in [-0.2, -0.15) is 0 Å². The van der Waals surface area contributed by atoms with Crippen LogP contribution in [-0.2, 0) is 28.1 Å². The van der Waals surface area contributed by atoms with Gasteiger partial charge in [0.05, 0.1) is 20.6 Å². The van der Waals surface area contributed by atoms with Crippen LogP contribution in [0.3, 0.4) is 0 Å². The van der Waals surface area contributed by atoms with Gasteiger partial charge in [-0.3, -0.25) is 9.59 Å². The molecule has 0 aromatic rings. The Morgan fingerprint density at radius 2 is 1.08 bits per heavy atom. The topological polar surface area (TPSA) is 123 Å². The van der Waals surface area contributed by atoms with Crippen molar-refractivity contribution in [2.45, 2.75) is 71.0 Å². The summed E-state index contributed by atoms with van der Waals surface area (Å²) in [6.45, 7) is 6.52. The first-order chi connectivity index (χ1) is 23.6. The molecule has 0 saturated heterocycles. The largest absolute Gasteiger partial charge is 0.393 e. The SMILES string of the molecule is CC(O)CC(C)O.CSC(=S)C1=C(NCCNC=C2C=CC=CC2=O)CCC1.CSC(=S)C1=C(NCCNC=C2C=CC=CC2=O)CCC1.[V]. The number of nitrogens with one attached hydrogen (secondary N) is 4. The van der Waals surface area contributed by atoms with Crippen LogP contribution in [0.1, 0.15) is 58.8 Å². The first-order valence-corrected chi connectivity index (χ1v) is 19.9. The van der Waals surface area contributed by atoms with Crippen molar-refractivity contribution in [1.82, 2.24) is 21.3 Å². The van der Waals surface area contributed by atoms with Gasteiger partial charge in [0, 0.05) is 79.7 Å². The van der Waals surface area contributed by atoms with Gasteiger partial charge in [-0.05, 0) is 107 Å². The van der Waals surface area contributed by atoms with Gasteiger partial charge in [-0.15, -0.1) is 23.5 Å². The minimum Gasteiger partial charge on any atom is -0.393 e. The summed E-state index contributed by atoms with van der Waals surface area (Å²) < 4.78 is 2.02. The van der Waals surface area contributed by atoms with Crippen molar-refractivity contribution in [3.63, 3.8) is 0 Å². The minimum absolute atomic E-state index is 0. The number of rotatable bonds is 14. The summed E-state index contributed by atoms with van der Waals surface area (Å²) in [5, 5.41) is 30.4. The monoisotopic (exact) mass is 795 g/mol. The normalized spacial score (nSPS) is 19.0. The Labute approximate surface area is 329 Å². The fourth-order valence-electron chi connectivity index (χ4n) is 5.20. The van der Waals surface area contributed by atoms with Gasteiger partial charge in [0.1, 0.15) is 0 Å². The quantitative estimate of drug-likeness (QED) is 0.0716. The fraction of sp³-hybridized carbons (Fsp3) is 0.459. The molecule has 0 aromatic carbocycles. The summed E-state index contributed by atoms with van der Waals surface area (Å²) in [6.07, 6.45) is 28.1. The van der Waals surface area contributed by atoms with E-state index in [0.717, 1.165) is 60.3 Å². The molecule has 0 aliphatic heterocycles. The molecule has 4 aliphatic rings. The molecule has 0 spiro atoms. The van der Waals surface area contributed by atoms with Crippen LogP contribution >= 0.6 is 48.0 Å². The maximum Gasteiger partial charge on any atom is 0.187 e. The molecular weight excluding hydrogens is 744 g/mol. The van der Waals surface area contributed by atoms with E-state index in [0.29, 0.717) is 17.6 Å². The molecule has 6 N–H and O–H groups in total. The van der Waals surface area contributed by atoms with Gasteiger partial charge in [-0.1, -0.05) is 48.7 Å². The van der Waals surface area contributed by atoms with E-state index in [9.17, 15) is 9.59 Å². The smallest absolute Gasteiger partial charge is 0.187 e. The van der Waals surface area contributed by atoms with E-state index in [1.807, 2.05) is 36.8 Å². The third kappa shape index (κ3) is 17.9. The summed E-state index contributed by atoms with van der Waals surface area (Å²) in [6, 6.07) is 0. The predicted octanol–water partition coefficient (Wildman–Crippen LogP) is 5.88. The molecule has 0 heterocycles. The third-order valence-electron chi connectivity index (χ3n) is 7.55. The zero-order chi connectivity index (χ0) is 36.0. The standard InChI is InChI=1S/2C16H20N2OS2.C5H12O2.V/c2*1-21-16(20)13-6-4-7-14(13)18-10-9-17-11-12-5-2-3-8-15(12)19;1-4(6)3-5(2)7;/h2*2-3,5,8,11,17-18H,4,6-7,9-10H2,1H3;4-7H,3H2,1-2H3;. The molecule has 0 fully saturated rings. The Bertz CT molecular complexity index is 1310. The minimum atomic E-state index is -0.375. The van der Waals surface area contributed by atoms with E-state index < -0.39 is 0 Å². The number of thioether (sulfide) groups is 2. The fourth-order valence-corrected chi connectivity index (χ4v) is 6.60. The van der Waals surface area contributed by atoms with Crippen LogP contribution in [0.4, 0.5) is 0 Å². The Morgan fingerprint density at radius 1 is 0.700 bits per heavy atom. The molecule has 0 saturated carbocycles. The van der Waals surface area contributed by atoms with Crippen molar-refractivity contribution in [2.75, 3.05) is 38.7 Å². The van der Waals surface area contributed by atoms with E-state index in [-0.39, 0.29) is 42.3 Å². The molecule has 13 heteroatoms. The molecule has 2 atom stereocenters. The molecule has 8 nitrogen and oxygen atoms in total. The zero-order valence-corrected chi connectivity index (χ0v) is 34.2. The second kappa shape index (κ2) is 26.6. The van der Waals surface area contributed by atoms with Gasteiger partial charge in [0.25, 0.3) is 0 Å². The summed E-state index contributed by atoms with van der Waals surface area (Å²) in [4.78, 5) is 23.1. The van der Waals surface area contributed by atoms with Crippen molar-refractivity contribution in [2.24, 2.45) is 0 Å². The second-order valence-corrected chi connectivity index (χ2v) is 14.6. The van der Waals surface area contributed by atoms with E-state index in [1.165, 1.54) is 35.4 Å². The van der Waals surface area contributed by atoms with E-state index in [2.05, 4.69) is 21.3 Å². The molecule has 4 aliphatic carbocycles. The maximum absolute atomic E-state index is 11.5. The van der Waals surface area contributed by atoms with E-state index >= 15 is 0 Å². The molecule has 0 bridgehead atoms. The first kappa shape index (κ1) is 45.9. The Balaban J connectivity index is 0.000000414. The molecule has 273 valence electrons. The molecule has 1 radical (unpaired) electrons. The Hall–Kier alpha value is -2.16. The summed E-state index contributed by atoms with van der Waals surface area (Å²) >= 11 is 14.1. The second-order valence-electron chi connectivity index (χ2n) is 11.7. The van der Waals surface area contributed by atoms with Crippen LogP contribution in [0.2, 0.25) is 0 Å². The van der Waals surface area contributed by atoms with Crippen LogP contribution < -0.4 is 21.3 Å². The van der Waals surface area contributed by atoms with Crippen LogP contribution in [-0.4, -0.2) is 81.1 Å². The number of aliphatic hydroxyl groups is 2. The average molecular weight is 796 g/mol. The van der Waals surface area contributed by atoms with Gasteiger partial charge in [0.15, 0.2) is 11.6 Å². The zero-order valence-electron chi connectivity index (χ0n) is 29.5. The Kier molecular flexibility index (Phi) is 24.4. The first-order valence-electron chi connectivity index (χ1n) is 16.7. The summed E-state index contributed by atoms with van der Waals surface area (Å²) in [5.74, 6) is 0.0909. The number of allylic oxidation sites excluding steroid dienone is 12. The molecular formula is C37H52N4O4S4V. The molecule has 50 heavy (non-hydrogen) atoms. The Morgan fingerprint density at radius 3 is 1.40 bits per heavy atom. The molecule has 0 aromatic heterocycles. The number of carbonyl (C=O) groups is 2. The van der Waals surface area contributed by atoms with Gasteiger partial charge in [0.2, 0.25) is 0 Å². The summed E-state index contributed by atoms with van der Waals surface area (Å²) in [5.41, 5.74) is 6.60. The van der Waals surface area contributed by atoms with Crippen LogP contribution in [0.5, 0.6) is 0 Å². The molecule has 4 rings (SSSR count). The average Bonchev–Trinajstić information content (AvgIpc) is 3.75. The molecule has 0 amide bonds. The van der Waals surface area contributed by atoms with Crippen molar-refractivity contribution in [3.05, 3.63) is 94.7 Å². The van der Waals surface area contributed by atoms with Crippen molar-refractivity contribution >= 4 is 67.9 Å². The van der Waals surface area contributed by atoms with Crippen molar-refractivity contribution < 1.29 is 38.4 Å². The van der Waals surface area contributed by atoms with E-state index in [4.69, 9.17) is 34.6 Å². The van der Waals surface area contributed by atoms with Gasteiger partial charge in [-0.25, -0.2) is 0 Å². The molecule has 2 unspecified atom stereocenters. The van der Waals surface area contributed by atoms with Crippen molar-refractivity contribution in [3.8, 4) is 0 Å². The van der Waals surface area contributed by atoms with Gasteiger partial charge >= 0.3 is 0 Å². The number of thiocarbonyl (C=S) groups is 2. The third-order valence-corrected chi connectivity index (χ3v) is 10.3. The van der Waals surface area contributed by atoms with Crippen LogP contribution in [0, 0.1) is 0 Å².